The highest BCUT2D eigenvalue weighted by Gasteiger charge is 2.24. The van der Waals surface area contributed by atoms with Gasteiger partial charge in [0.25, 0.3) is 11.8 Å². The number of hydrogen-bond donors (Lipinski definition) is 2. The normalized spacial score (nSPS) is 11.7. The van der Waals surface area contributed by atoms with Gasteiger partial charge in [0, 0.05) is 5.56 Å². The van der Waals surface area contributed by atoms with Gasteiger partial charge in [0.15, 0.2) is 18.1 Å². The first kappa shape index (κ1) is 28.1. The van der Waals surface area contributed by atoms with Crippen LogP contribution in [0.2, 0.25) is 0 Å². The molecule has 0 fully saturated rings. The molecule has 2 amide bonds. The molecule has 1 atom stereocenters. The van der Waals surface area contributed by atoms with Gasteiger partial charge >= 0.3 is 5.97 Å². The van der Waals surface area contributed by atoms with E-state index < -0.39 is 17.9 Å². The van der Waals surface area contributed by atoms with Crippen molar-refractivity contribution in [2.75, 3.05) is 20.3 Å². The summed E-state index contributed by atoms with van der Waals surface area (Å²) in [4.78, 5) is 36.9. The molecule has 35 heavy (non-hydrogen) atoms. The van der Waals surface area contributed by atoms with Crippen LogP contribution in [0.5, 0.6) is 11.5 Å². The monoisotopic (exact) mass is 595 g/mol. The highest BCUT2D eigenvalue weighted by Crippen LogP contribution is 2.33. The van der Waals surface area contributed by atoms with Crippen LogP contribution in [-0.4, -0.2) is 50.4 Å². The molecule has 10 heteroatoms. The number of carbonyl (C=O) groups excluding carboxylic acids is 3. The van der Waals surface area contributed by atoms with Gasteiger partial charge in [-0.15, -0.1) is 0 Å². The van der Waals surface area contributed by atoms with E-state index in [4.69, 9.17) is 14.2 Å². The quantitative estimate of drug-likeness (QED) is 0.178. The van der Waals surface area contributed by atoms with Crippen molar-refractivity contribution in [2.45, 2.75) is 33.7 Å². The predicted octanol–water partition coefficient (Wildman–Crippen LogP) is 3.45. The fourth-order valence-corrected chi connectivity index (χ4v) is 3.77. The zero-order valence-electron chi connectivity index (χ0n) is 20.4. The van der Waals surface area contributed by atoms with E-state index in [-0.39, 0.29) is 25.0 Å². The van der Waals surface area contributed by atoms with Gasteiger partial charge in [-0.1, -0.05) is 31.5 Å². The van der Waals surface area contributed by atoms with Crippen LogP contribution in [0.15, 0.2) is 41.5 Å². The lowest BCUT2D eigenvalue weighted by molar-refractivity contribution is -0.145. The van der Waals surface area contributed by atoms with Gasteiger partial charge in [-0.25, -0.2) is 10.2 Å². The number of hydrogen-bond acceptors (Lipinski definition) is 7. The van der Waals surface area contributed by atoms with Crippen LogP contribution in [0.25, 0.3) is 0 Å². The van der Waals surface area contributed by atoms with Crippen molar-refractivity contribution in [3.05, 3.63) is 56.7 Å². The van der Waals surface area contributed by atoms with Crippen LogP contribution < -0.4 is 20.2 Å². The van der Waals surface area contributed by atoms with Crippen molar-refractivity contribution in [1.29, 1.82) is 0 Å². The molecule has 2 aromatic carbocycles. The van der Waals surface area contributed by atoms with Gasteiger partial charge in [-0.2, -0.15) is 5.10 Å². The summed E-state index contributed by atoms with van der Waals surface area (Å²) in [7, 11) is 1.48. The largest absolute Gasteiger partial charge is 0.493 e. The Labute approximate surface area is 218 Å². The molecule has 0 radical (unpaired) electrons. The Morgan fingerprint density at radius 3 is 2.43 bits per heavy atom. The van der Waals surface area contributed by atoms with Crippen LogP contribution in [-0.2, 0) is 14.3 Å². The highest BCUT2D eigenvalue weighted by molar-refractivity contribution is 14.1. The number of hydrazone groups is 1. The van der Waals surface area contributed by atoms with Gasteiger partial charge in [0.2, 0.25) is 0 Å². The molecule has 2 rings (SSSR count). The van der Waals surface area contributed by atoms with Crippen LogP contribution >= 0.6 is 22.6 Å². The molecule has 2 N–H and O–H groups in total. The summed E-state index contributed by atoms with van der Waals surface area (Å²) in [6.07, 6.45) is 1.46. The molecule has 2 aromatic rings. The third-order valence-corrected chi connectivity index (χ3v) is 5.63. The molecule has 9 nitrogen and oxygen atoms in total. The van der Waals surface area contributed by atoms with Crippen LogP contribution in [0.1, 0.15) is 42.3 Å². The van der Waals surface area contributed by atoms with Crippen molar-refractivity contribution in [1.82, 2.24) is 10.7 Å². The van der Waals surface area contributed by atoms with E-state index in [1.165, 1.54) is 13.3 Å². The third kappa shape index (κ3) is 8.53. The number of nitrogens with zero attached hydrogens (tertiary/aromatic N) is 1. The Hall–Kier alpha value is -3.15. The number of ether oxygens (including phenoxy) is 3. The summed E-state index contributed by atoms with van der Waals surface area (Å²) in [5.74, 6) is -0.599. The summed E-state index contributed by atoms with van der Waals surface area (Å²) in [6, 6.07) is 9.77. The number of halogens is 1. The first-order chi connectivity index (χ1) is 16.7. The van der Waals surface area contributed by atoms with Crippen molar-refractivity contribution >= 4 is 46.6 Å². The van der Waals surface area contributed by atoms with Crippen LogP contribution in [0.4, 0.5) is 0 Å². The summed E-state index contributed by atoms with van der Waals surface area (Å²) in [5.41, 5.74) is 4.64. The number of amides is 2. The minimum atomic E-state index is -0.769. The Bertz CT molecular complexity index is 1070. The second kappa shape index (κ2) is 13.7. The second-order valence-corrected chi connectivity index (χ2v) is 9.09. The lowest BCUT2D eigenvalue weighted by atomic mass is 10.0. The molecule has 1 unspecified atom stereocenters. The molecule has 0 aliphatic carbocycles. The number of aryl methyl sites for hydroxylation is 1. The molecule has 0 aliphatic rings. The van der Waals surface area contributed by atoms with Crippen molar-refractivity contribution in [3.8, 4) is 11.5 Å². The summed E-state index contributed by atoms with van der Waals surface area (Å²) >= 11 is 2.05. The Morgan fingerprint density at radius 2 is 1.83 bits per heavy atom. The SMILES string of the molecule is CCOC(=O)COc1c(I)cc(C=NNC(=O)C(NC(=O)c2ccc(C)cc2)C(C)C)cc1OC. The molecule has 188 valence electrons. The van der Waals surface area contributed by atoms with E-state index in [1.54, 1.807) is 31.2 Å². The second-order valence-electron chi connectivity index (χ2n) is 7.92. The molecule has 0 saturated heterocycles. The maximum atomic E-state index is 12.7. The molecule has 0 aliphatic heterocycles. The number of nitrogens with one attached hydrogen (secondary N) is 2. The maximum absolute atomic E-state index is 12.7. The minimum absolute atomic E-state index is 0.156. The fraction of sp³-hybridized carbons (Fsp3) is 0.360. The van der Waals surface area contributed by atoms with E-state index in [1.807, 2.05) is 32.9 Å². The van der Waals surface area contributed by atoms with E-state index in [0.717, 1.165) is 5.56 Å². The molecule has 0 bridgehead atoms. The smallest absolute Gasteiger partial charge is 0.344 e. The number of carbonyl (C=O) groups is 3. The number of rotatable bonds is 11. The third-order valence-electron chi connectivity index (χ3n) is 4.83. The highest BCUT2D eigenvalue weighted by atomic mass is 127. The first-order valence-electron chi connectivity index (χ1n) is 11.0. The summed E-state index contributed by atoms with van der Waals surface area (Å²) < 4.78 is 16.5. The van der Waals surface area contributed by atoms with Crippen LogP contribution in [0, 0.1) is 16.4 Å². The molecule has 0 aromatic heterocycles. The standard InChI is InChI=1S/C25H30IN3O6/c1-6-34-21(30)14-35-23-19(26)11-17(12-20(23)33-5)13-27-29-25(32)22(15(2)3)28-24(31)18-9-7-16(4)8-10-18/h7-13,15,22H,6,14H2,1-5H3,(H,28,31)(H,29,32). The first-order valence-corrected chi connectivity index (χ1v) is 12.1. The van der Waals surface area contributed by atoms with E-state index in [0.29, 0.717) is 26.2 Å². The molecule has 0 spiro atoms. The average Bonchev–Trinajstić information content (AvgIpc) is 2.81. The van der Waals surface area contributed by atoms with Crippen LogP contribution in [0.3, 0.4) is 0 Å². The average molecular weight is 595 g/mol. The molecule has 0 saturated carbocycles. The number of esters is 1. The predicted molar refractivity (Wildman–Crippen MR) is 141 cm³/mol. The van der Waals surface area contributed by atoms with E-state index in [9.17, 15) is 14.4 Å². The molecular formula is C25H30IN3O6. The van der Waals surface area contributed by atoms with E-state index in [2.05, 4.69) is 38.4 Å². The Kier molecular flexibility index (Phi) is 11.0. The van der Waals surface area contributed by atoms with Crippen molar-refractivity contribution in [3.63, 3.8) is 0 Å². The topological polar surface area (TPSA) is 115 Å². The van der Waals surface area contributed by atoms with Gasteiger partial charge in [0.05, 0.1) is 23.5 Å². The van der Waals surface area contributed by atoms with Crippen molar-refractivity contribution in [2.24, 2.45) is 11.0 Å². The molecular weight excluding hydrogens is 565 g/mol. The van der Waals surface area contributed by atoms with Gasteiger partial charge in [0.1, 0.15) is 6.04 Å². The lowest BCUT2D eigenvalue weighted by Gasteiger charge is -2.20. The van der Waals surface area contributed by atoms with Crippen molar-refractivity contribution < 1.29 is 28.6 Å². The Balaban J connectivity index is 2.06. The minimum Gasteiger partial charge on any atom is -0.493 e. The summed E-state index contributed by atoms with van der Waals surface area (Å²) in [6.45, 7) is 7.36. The van der Waals surface area contributed by atoms with E-state index >= 15 is 0 Å². The van der Waals surface area contributed by atoms with Gasteiger partial charge in [-0.3, -0.25) is 9.59 Å². The number of methoxy groups -OCH3 is 1. The summed E-state index contributed by atoms with van der Waals surface area (Å²) in [5, 5.41) is 6.80. The molecule has 0 heterocycles. The maximum Gasteiger partial charge on any atom is 0.344 e. The Morgan fingerprint density at radius 1 is 1.14 bits per heavy atom. The van der Waals surface area contributed by atoms with Gasteiger partial charge < -0.3 is 19.5 Å². The lowest BCUT2D eigenvalue weighted by Crippen LogP contribution is -2.48. The fourth-order valence-electron chi connectivity index (χ4n) is 2.99. The number of benzene rings is 2. The van der Waals surface area contributed by atoms with Gasteiger partial charge in [-0.05, 0) is 72.2 Å². The zero-order valence-corrected chi connectivity index (χ0v) is 22.5. The zero-order chi connectivity index (χ0) is 26.0.